The second-order valence-electron chi connectivity index (χ2n) is 4.12. The zero-order valence-corrected chi connectivity index (χ0v) is 10.3. The van der Waals surface area contributed by atoms with E-state index < -0.39 is 0 Å². The second-order valence-corrected chi connectivity index (χ2v) is 5.39. The van der Waals surface area contributed by atoms with E-state index in [1.165, 1.54) is 12.8 Å². The van der Waals surface area contributed by atoms with Gasteiger partial charge in [0.25, 0.3) is 0 Å². The van der Waals surface area contributed by atoms with Gasteiger partial charge in [-0.3, -0.25) is 0 Å². The number of hydrogen-bond donors (Lipinski definition) is 1. The Hall–Kier alpha value is -0.480. The van der Waals surface area contributed by atoms with Crippen LogP contribution in [-0.2, 0) is 13.1 Å². The predicted molar refractivity (Wildman–Crippen MR) is 65.1 cm³/mol. The van der Waals surface area contributed by atoms with Crippen molar-refractivity contribution in [1.82, 2.24) is 14.9 Å². The van der Waals surface area contributed by atoms with Gasteiger partial charge in [-0.2, -0.15) is 11.8 Å². The van der Waals surface area contributed by atoms with Crippen molar-refractivity contribution in [3.8, 4) is 0 Å². The monoisotopic (exact) mass is 225 g/mol. The molecule has 0 atom stereocenters. The van der Waals surface area contributed by atoms with Crippen LogP contribution >= 0.6 is 11.8 Å². The van der Waals surface area contributed by atoms with Gasteiger partial charge in [0.1, 0.15) is 5.82 Å². The lowest BCUT2D eigenvalue weighted by atomic mass is 10.4. The highest BCUT2D eigenvalue weighted by molar-refractivity contribution is 8.00. The van der Waals surface area contributed by atoms with Gasteiger partial charge in [-0.1, -0.05) is 0 Å². The minimum Gasteiger partial charge on any atom is -0.334 e. The number of nitrogens with one attached hydrogen (secondary N) is 1. The van der Waals surface area contributed by atoms with Crippen LogP contribution in [0.2, 0.25) is 0 Å². The molecule has 0 bridgehead atoms. The van der Waals surface area contributed by atoms with E-state index in [2.05, 4.69) is 28.0 Å². The number of rotatable bonds is 6. The number of aromatic nitrogens is 2. The number of aryl methyl sites for hydroxylation is 1. The fraction of sp³-hybridized carbons (Fsp3) is 0.727. The van der Waals surface area contributed by atoms with Crippen LogP contribution in [0.1, 0.15) is 25.6 Å². The standard InChI is InChI=1S/C11H19N3S/c1-3-14-7-6-13-10(14)8-12-9-11(15-2)4-5-11/h6-7,12H,3-5,8-9H2,1-2H3. The maximum absolute atomic E-state index is 4.35. The van der Waals surface area contributed by atoms with Crippen molar-refractivity contribution < 1.29 is 0 Å². The van der Waals surface area contributed by atoms with Crippen molar-refractivity contribution in [3.63, 3.8) is 0 Å². The molecule has 15 heavy (non-hydrogen) atoms. The summed E-state index contributed by atoms with van der Waals surface area (Å²) in [5, 5.41) is 3.51. The lowest BCUT2D eigenvalue weighted by Gasteiger charge is -2.13. The normalized spacial score (nSPS) is 18.0. The third-order valence-corrected chi connectivity index (χ3v) is 4.53. The number of imidazole rings is 1. The molecule has 0 aromatic carbocycles. The summed E-state index contributed by atoms with van der Waals surface area (Å²) in [6.45, 7) is 5.16. The molecule has 1 N–H and O–H groups in total. The second kappa shape index (κ2) is 4.58. The number of nitrogens with zero attached hydrogens (tertiary/aromatic N) is 2. The maximum Gasteiger partial charge on any atom is 0.122 e. The highest BCUT2D eigenvalue weighted by atomic mass is 32.2. The largest absolute Gasteiger partial charge is 0.334 e. The Morgan fingerprint density at radius 3 is 3.00 bits per heavy atom. The lowest BCUT2D eigenvalue weighted by molar-refractivity contribution is 0.602. The quantitative estimate of drug-likeness (QED) is 0.802. The number of thioether (sulfide) groups is 1. The molecule has 4 heteroatoms. The summed E-state index contributed by atoms with van der Waals surface area (Å²) in [7, 11) is 0. The van der Waals surface area contributed by atoms with Crippen LogP contribution < -0.4 is 5.32 Å². The van der Waals surface area contributed by atoms with Crippen LogP contribution in [0, 0.1) is 0 Å². The predicted octanol–water partition coefficient (Wildman–Crippen LogP) is 1.89. The van der Waals surface area contributed by atoms with Crippen LogP contribution in [0.5, 0.6) is 0 Å². The first-order valence-corrected chi connectivity index (χ1v) is 6.78. The maximum atomic E-state index is 4.35. The van der Waals surface area contributed by atoms with Crippen LogP contribution in [0.15, 0.2) is 12.4 Å². The Bertz CT molecular complexity index is 317. The van der Waals surface area contributed by atoms with Crippen LogP contribution in [0.25, 0.3) is 0 Å². The molecule has 84 valence electrons. The summed E-state index contributed by atoms with van der Waals surface area (Å²) >= 11 is 2.00. The van der Waals surface area contributed by atoms with Gasteiger partial charge in [-0.15, -0.1) is 0 Å². The van der Waals surface area contributed by atoms with E-state index in [9.17, 15) is 0 Å². The van der Waals surface area contributed by atoms with E-state index in [1.807, 2.05) is 24.2 Å². The van der Waals surface area contributed by atoms with E-state index in [0.29, 0.717) is 4.75 Å². The van der Waals surface area contributed by atoms with Crippen molar-refractivity contribution in [2.24, 2.45) is 0 Å². The first kappa shape index (κ1) is 11.0. The molecule has 0 radical (unpaired) electrons. The summed E-state index contributed by atoms with van der Waals surface area (Å²) in [5.74, 6) is 1.15. The fourth-order valence-electron chi connectivity index (χ4n) is 1.79. The Morgan fingerprint density at radius 1 is 1.60 bits per heavy atom. The highest BCUT2D eigenvalue weighted by Crippen LogP contribution is 2.46. The van der Waals surface area contributed by atoms with Gasteiger partial charge < -0.3 is 9.88 Å². The van der Waals surface area contributed by atoms with Gasteiger partial charge in [0.2, 0.25) is 0 Å². The topological polar surface area (TPSA) is 29.9 Å². The first-order valence-electron chi connectivity index (χ1n) is 5.55. The molecule has 1 saturated carbocycles. The molecular weight excluding hydrogens is 206 g/mol. The average molecular weight is 225 g/mol. The molecule has 0 unspecified atom stereocenters. The van der Waals surface area contributed by atoms with Crippen molar-refractivity contribution in [1.29, 1.82) is 0 Å². The molecule has 1 aliphatic carbocycles. The van der Waals surface area contributed by atoms with Gasteiger partial charge >= 0.3 is 0 Å². The summed E-state index contributed by atoms with van der Waals surface area (Å²) in [5.41, 5.74) is 0. The Balaban J connectivity index is 1.78. The Labute approximate surface area is 95.7 Å². The van der Waals surface area contributed by atoms with E-state index in [4.69, 9.17) is 0 Å². The zero-order chi connectivity index (χ0) is 10.7. The van der Waals surface area contributed by atoms with Gasteiger partial charge in [0.15, 0.2) is 0 Å². The SMILES string of the molecule is CCn1ccnc1CNCC1(SC)CC1. The molecule has 0 amide bonds. The molecule has 1 aromatic rings. The average Bonchev–Trinajstić information content (AvgIpc) is 2.90. The van der Waals surface area contributed by atoms with Gasteiger partial charge in [-0.25, -0.2) is 4.98 Å². The van der Waals surface area contributed by atoms with Gasteiger partial charge in [0.05, 0.1) is 6.54 Å². The van der Waals surface area contributed by atoms with Crippen LogP contribution in [-0.4, -0.2) is 27.1 Å². The molecule has 0 aliphatic heterocycles. The van der Waals surface area contributed by atoms with Crippen molar-refractivity contribution in [2.45, 2.75) is 37.6 Å². The first-order chi connectivity index (χ1) is 7.29. The lowest BCUT2D eigenvalue weighted by Crippen LogP contribution is -2.26. The van der Waals surface area contributed by atoms with Crippen molar-refractivity contribution in [3.05, 3.63) is 18.2 Å². The third kappa shape index (κ3) is 2.55. The van der Waals surface area contributed by atoms with Crippen LogP contribution in [0.4, 0.5) is 0 Å². The molecule has 1 aliphatic rings. The fourth-order valence-corrected chi connectivity index (χ4v) is 2.55. The summed E-state index contributed by atoms with van der Waals surface area (Å²) in [6.07, 6.45) is 8.86. The van der Waals surface area contributed by atoms with Crippen LogP contribution in [0.3, 0.4) is 0 Å². The Kier molecular flexibility index (Phi) is 3.36. The van der Waals surface area contributed by atoms with E-state index in [0.717, 1.165) is 25.5 Å². The number of hydrogen-bond acceptors (Lipinski definition) is 3. The Morgan fingerprint density at radius 2 is 2.40 bits per heavy atom. The zero-order valence-electron chi connectivity index (χ0n) is 9.49. The molecular formula is C11H19N3S. The highest BCUT2D eigenvalue weighted by Gasteiger charge is 2.41. The molecule has 1 aromatic heterocycles. The molecule has 1 fully saturated rings. The van der Waals surface area contributed by atoms with E-state index in [-0.39, 0.29) is 0 Å². The molecule has 0 spiro atoms. The molecule has 0 saturated heterocycles. The molecule has 2 rings (SSSR count). The van der Waals surface area contributed by atoms with Crippen molar-refractivity contribution in [2.75, 3.05) is 12.8 Å². The summed E-state index contributed by atoms with van der Waals surface area (Å²) in [6, 6.07) is 0. The summed E-state index contributed by atoms with van der Waals surface area (Å²) < 4.78 is 2.73. The van der Waals surface area contributed by atoms with Gasteiger partial charge in [-0.05, 0) is 26.0 Å². The third-order valence-electron chi connectivity index (χ3n) is 3.11. The van der Waals surface area contributed by atoms with E-state index >= 15 is 0 Å². The molecule has 3 nitrogen and oxygen atoms in total. The molecule has 1 heterocycles. The summed E-state index contributed by atoms with van der Waals surface area (Å²) in [4.78, 5) is 4.35. The van der Waals surface area contributed by atoms with Gasteiger partial charge in [0, 0.05) is 30.2 Å². The van der Waals surface area contributed by atoms with E-state index in [1.54, 1.807) is 0 Å². The minimum atomic E-state index is 0.545. The smallest absolute Gasteiger partial charge is 0.122 e. The minimum absolute atomic E-state index is 0.545. The van der Waals surface area contributed by atoms with Crippen molar-refractivity contribution >= 4 is 11.8 Å².